The predicted molar refractivity (Wildman–Crippen MR) is 65.6 cm³/mol. The molecule has 1 aromatic carbocycles. The van der Waals surface area contributed by atoms with Crippen LogP contribution in [0.2, 0.25) is 5.02 Å². The highest BCUT2D eigenvalue weighted by Gasteiger charge is 2.07. The van der Waals surface area contributed by atoms with Crippen molar-refractivity contribution in [3.05, 3.63) is 20.7 Å². The van der Waals surface area contributed by atoms with Gasteiger partial charge in [0, 0.05) is 0 Å². The summed E-state index contributed by atoms with van der Waals surface area (Å²) in [6, 6.07) is 3.83. The number of nitrogens with zero attached hydrogens (tertiary/aromatic N) is 1. The molecule has 0 spiro atoms. The van der Waals surface area contributed by atoms with Crippen LogP contribution in [0.3, 0.4) is 0 Å². The Morgan fingerprint density at radius 2 is 2.31 bits per heavy atom. The third kappa shape index (κ3) is 1.67. The lowest BCUT2D eigenvalue weighted by atomic mass is 10.3. The van der Waals surface area contributed by atoms with Crippen molar-refractivity contribution < 1.29 is 0 Å². The fourth-order valence-electron chi connectivity index (χ4n) is 1.09. The molecule has 13 heavy (non-hydrogen) atoms. The summed E-state index contributed by atoms with van der Waals surface area (Å²) in [5.74, 6) is 0. The van der Waals surface area contributed by atoms with Crippen LogP contribution in [0.25, 0.3) is 11.0 Å². The minimum atomic E-state index is 0.757. The number of benzene rings is 1. The molecule has 0 unspecified atom stereocenters. The highest BCUT2D eigenvalue weighted by molar-refractivity contribution is 14.1. The zero-order valence-electron chi connectivity index (χ0n) is 6.77. The summed E-state index contributed by atoms with van der Waals surface area (Å²) < 4.78 is 1.01. The molecule has 0 saturated heterocycles. The summed E-state index contributed by atoms with van der Waals surface area (Å²) in [7, 11) is 0. The molecule has 1 N–H and O–H groups in total. The summed E-state index contributed by atoms with van der Waals surface area (Å²) in [6.07, 6.45) is 1.99. The van der Waals surface area contributed by atoms with Crippen molar-refractivity contribution in [2.75, 3.05) is 6.26 Å². The normalized spacial score (nSPS) is 11.0. The Morgan fingerprint density at radius 3 is 3.00 bits per heavy atom. The minimum absolute atomic E-state index is 0.757. The second kappa shape index (κ2) is 3.67. The maximum Gasteiger partial charge on any atom is 0.166 e. The van der Waals surface area contributed by atoms with Gasteiger partial charge >= 0.3 is 0 Å². The topological polar surface area (TPSA) is 28.7 Å². The zero-order chi connectivity index (χ0) is 9.42. The second-order valence-electron chi connectivity index (χ2n) is 2.50. The first-order valence-corrected chi connectivity index (χ1v) is 6.28. The molecule has 0 aliphatic heterocycles. The van der Waals surface area contributed by atoms with E-state index in [1.54, 1.807) is 11.8 Å². The number of thioether (sulfide) groups is 1. The van der Waals surface area contributed by atoms with Gasteiger partial charge in [-0.15, -0.1) is 0 Å². The number of H-pyrrole nitrogens is 1. The first-order valence-electron chi connectivity index (χ1n) is 3.60. The van der Waals surface area contributed by atoms with Gasteiger partial charge in [0.25, 0.3) is 0 Å². The van der Waals surface area contributed by atoms with E-state index in [0.717, 1.165) is 24.8 Å². The average Bonchev–Trinajstić information content (AvgIpc) is 2.55. The van der Waals surface area contributed by atoms with E-state index in [0.29, 0.717) is 0 Å². The lowest BCUT2D eigenvalue weighted by Gasteiger charge is -1.94. The molecule has 0 aliphatic rings. The van der Waals surface area contributed by atoms with Crippen LogP contribution in [-0.2, 0) is 0 Å². The molecule has 0 saturated carbocycles. The fraction of sp³-hybridized carbons (Fsp3) is 0.125. The summed E-state index contributed by atoms with van der Waals surface area (Å²) in [4.78, 5) is 7.61. The van der Waals surface area contributed by atoms with Crippen LogP contribution < -0.4 is 0 Å². The van der Waals surface area contributed by atoms with E-state index in [1.165, 1.54) is 0 Å². The van der Waals surface area contributed by atoms with Crippen LogP contribution in [0.5, 0.6) is 0 Å². The quantitative estimate of drug-likeness (QED) is 0.642. The second-order valence-corrected chi connectivity index (χ2v) is 4.78. The molecule has 2 rings (SSSR count). The Kier molecular flexibility index (Phi) is 2.71. The number of fused-ring (bicyclic) bond motifs is 1. The lowest BCUT2D eigenvalue weighted by molar-refractivity contribution is 1.08. The molecule has 0 radical (unpaired) electrons. The molecule has 2 nitrogen and oxygen atoms in total. The highest BCUT2D eigenvalue weighted by atomic mass is 127. The van der Waals surface area contributed by atoms with Gasteiger partial charge in [0.1, 0.15) is 5.52 Å². The van der Waals surface area contributed by atoms with Crippen LogP contribution in [0, 0.1) is 3.57 Å². The number of aromatic nitrogens is 2. The van der Waals surface area contributed by atoms with E-state index in [-0.39, 0.29) is 0 Å². The lowest BCUT2D eigenvalue weighted by Crippen LogP contribution is -1.77. The number of hydrogen-bond donors (Lipinski definition) is 1. The molecule has 2 aromatic rings. The summed E-state index contributed by atoms with van der Waals surface area (Å²) in [5, 5.41) is 1.68. The standard InChI is InChI=1S/C8H6ClIN2S/c1-13-8-11-5-3-2-4(9)6(10)7(5)12-8/h2-3H,1H3,(H,11,12). The van der Waals surface area contributed by atoms with Gasteiger partial charge in [-0.2, -0.15) is 0 Å². The van der Waals surface area contributed by atoms with Crippen molar-refractivity contribution >= 4 is 57.0 Å². The molecular formula is C8H6ClIN2S. The molecule has 5 heteroatoms. The molecule has 0 aliphatic carbocycles. The average molecular weight is 325 g/mol. The van der Waals surface area contributed by atoms with Gasteiger partial charge in [-0.25, -0.2) is 4.98 Å². The molecule has 0 fully saturated rings. The van der Waals surface area contributed by atoms with Gasteiger partial charge in [-0.3, -0.25) is 0 Å². The first-order chi connectivity index (χ1) is 6.22. The third-order valence-corrected chi connectivity index (χ3v) is 4.02. The molecular weight excluding hydrogens is 319 g/mol. The largest absolute Gasteiger partial charge is 0.333 e. The van der Waals surface area contributed by atoms with Gasteiger partial charge in [-0.1, -0.05) is 23.4 Å². The molecule has 0 atom stereocenters. The van der Waals surface area contributed by atoms with E-state index in [1.807, 2.05) is 18.4 Å². The van der Waals surface area contributed by atoms with E-state index in [4.69, 9.17) is 11.6 Å². The van der Waals surface area contributed by atoms with Crippen molar-refractivity contribution in [3.8, 4) is 0 Å². The maximum atomic E-state index is 5.97. The number of hydrogen-bond acceptors (Lipinski definition) is 2. The van der Waals surface area contributed by atoms with Crippen molar-refractivity contribution in [1.82, 2.24) is 9.97 Å². The first kappa shape index (κ1) is 9.61. The Hall–Kier alpha value is 0.0600. The van der Waals surface area contributed by atoms with Crippen LogP contribution in [0.4, 0.5) is 0 Å². The van der Waals surface area contributed by atoms with Gasteiger partial charge in [0.2, 0.25) is 0 Å². The predicted octanol–water partition coefficient (Wildman–Crippen LogP) is 3.54. The molecule has 1 aromatic heterocycles. The van der Waals surface area contributed by atoms with Gasteiger partial charge < -0.3 is 4.98 Å². The van der Waals surface area contributed by atoms with Crippen molar-refractivity contribution in [3.63, 3.8) is 0 Å². The SMILES string of the molecule is CSc1nc2c(I)c(Cl)ccc2[nH]1. The monoisotopic (exact) mass is 324 g/mol. The van der Waals surface area contributed by atoms with E-state index >= 15 is 0 Å². The highest BCUT2D eigenvalue weighted by Crippen LogP contribution is 2.27. The number of halogens is 2. The van der Waals surface area contributed by atoms with Crippen molar-refractivity contribution in [1.29, 1.82) is 0 Å². The van der Waals surface area contributed by atoms with E-state index in [9.17, 15) is 0 Å². The number of imidazole rings is 1. The Balaban J connectivity index is 2.76. The molecule has 0 bridgehead atoms. The third-order valence-electron chi connectivity index (χ3n) is 1.72. The molecule has 68 valence electrons. The Morgan fingerprint density at radius 1 is 1.54 bits per heavy atom. The summed E-state index contributed by atoms with van der Waals surface area (Å²) >= 11 is 9.78. The Bertz CT molecular complexity index is 455. The minimum Gasteiger partial charge on any atom is -0.333 e. The fourth-order valence-corrected chi connectivity index (χ4v) is 2.23. The van der Waals surface area contributed by atoms with Crippen molar-refractivity contribution in [2.24, 2.45) is 0 Å². The van der Waals surface area contributed by atoms with Gasteiger partial charge in [0.05, 0.1) is 14.1 Å². The Labute approximate surface area is 98.6 Å². The van der Waals surface area contributed by atoms with Crippen LogP contribution in [0.1, 0.15) is 0 Å². The molecule has 1 heterocycles. The number of nitrogens with one attached hydrogen (secondary N) is 1. The zero-order valence-corrected chi connectivity index (χ0v) is 10.5. The van der Waals surface area contributed by atoms with Crippen LogP contribution in [0.15, 0.2) is 17.3 Å². The van der Waals surface area contributed by atoms with Gasteiger partial charge in [-0.05, 0) is 41.0 Å². The number of rotatable bonds is 1. The van der Waals surface area contributed by atoms with Gasteiger partial charge in [0.15, 0.2) is 5.16 Å². The van der Waals surface area contributed by atoms with Crippen molar-refractivity contribution in [2.45, 2.75) is 5.16 Å². The smallest absolute Gasteiger partial charge is 0.166 e. The van der Waals surface area contributed by atoms with E-state index < -0.39 is 0 Å². The van der Waals surface area contributed by atoms with E-state index in [2.05, 4.69) is 32.6 Å². The summed E-state index contributed by atoms with van der Waals surface area (Å²) in [5.41, 5.74) is 2.00. The molecule has 0 amide bonds. The maximum absolute atomic E-state index is 5.97. The summed E-state index contributed by atoms with van der Waals surface area (Å²) in [6.45, 7) is 0. The van der Waals surface area contributed by atoms with Crippen LogP contribution in [-0.4, -0.2) is 16.2 Å². The van der Waals surface area contributed by atoms with Crippen LogP contribution >= 0.6 is 46.0 Å². The number of aromatic amines is 1.